The zero-order chi connectivity index (χ0) is 29.4. The number of aryl methyl sites for hydroxylation is 1. The Bertz CT molecular complexity index is 1620. The number of anilines is 1. The van der Waals surface area contributed by atoms with E-state index in [-0.39, 0.29) is 23.9 Å². The summed E-state index contributed by atoms with van der Waals surface area (Å²) in [7, 11) is 1.52. The zero-order valence-electron chi connectivity index (χ0n) is 23.8. The van der Waals surface area contributed by atoms with Gasteiger partial charge in [-0.3, -0.25) is 15.1 Å². The molecule has 1 aliphatic heterocycles. The molecular weight excluding hydrogens is 550 g/mol. The number of hydrogen-bond donors (Lipinski definition) is 1. The largest absolute Gasteiger partial charge is 0.494 e. The summed E-state index contributed by atoms with van der Waals surface area (Å²) in [5.74, 6) is 1.29. The van der Waals surface area contributed by atoms with E-state index in [2.05, 4.69) is 44.9 Å². The van der Waals surface area contributed by atoms with Gasteiger partial charge in [0.2, 0.25) is 0 Å². The van der Waals surface area contributed by atoms with Crippen LogP contribution in [0.5, 0.6) is 11.5 Å². The van der Waals surface area contributed by atoms with Crippen molar-refractivity contribution in [2.45, 2.75) is 57.7 Å². The van der Waals surface area contributed by atoms with Crippen molar-refractivity contribution in [3.63, 3.8) is 0 Å². The maximum Gasteiger partial charge on any atom is 0.273 e. The average Bonchev–Trinajstić information content (AvgIpc) is 3.71. The van der Waals surface area contributed by atoms with E-state index in [9.17, 15) is 10.1 Å². The number of aromatic nitrogens is 2. The molecule has 2 atom stereocenters. The van der Waals surface area contributed by atoms with Gasteiger partial charge in [-0.05, 0) is 106 Å². The maximum absolute atomic E-state index is 11.4. The number of rotatable bonds is 8. The summed E-state index contributed by atoms with van der Waals surface area (Å²) >= 11 is 5.95. The summed E-state index contributed by atoms with van der Waals surface area (Å²) in [4.78, 5) is 17.8. The summed E-state index contributed by atoms with van der Waals surface area (Å²) in [6.07, 6.45) is 6.72. The van der Waals surface area contributed by atoms with Gasteiger partial charge in [0.1, 0.15) is 11.5 Å². The van der Waals surface area contributed by atoms with Crippen LogP contribution < -0.4 is 19.7 Å². The van der Waals surface area contributed by atoms with Gasteiger partial charge in [-0.15, -0.1) is 0 Å². The molecule has 0 amide bonds. The van der Waals surface area contributed by atoms with Crippen LogP contribution in [0.4, 0.5) is 11.4 Å². The number of nitrogens with one attached hydrogen (secondary N) is 1. The van der Waals surface area contributed by atoms with Crippen molar-refractivity contribution in [3.05, 3.63) is 106 Å². The number of benzene rings is 2. The Kier molecular flexibility index (Phi) is 7.55. The molecule has 1 N–H and O–H groups in total. The Balaban J connectivity index is 1.43. The van der Waals surface area contributed by atoms with Crippen molar-refractivity contribution in [1.82, 2.24) is 14.9 Å². The molecule has 42 heavy (non-hydrogen) atoms. The predicted octanol–water partition coefficient (Wildman–Crippen LogP) is 6.90. The minimum atomic E-state index is -0.419. The Labute approximate surface area is 250 Å². The SMILES string of the molecule is COc1cc([N+](=O)[O-])ccc1-n1c(C)cc(C2C(c3ccccn3)NC(=S)N2c2ccc(OC3CCCC3)cc2)c1C. The van der Waals surface area contributed by atoms with Crippen molar-refractivity contribution < 1.29 is 14.4 Å². The van der Waals surface area contributed by atoms with Crippen LogP contribution in [0.3, 0.4) is 0 Å². The number of nitro benzene ring substituents is 1. The van der Waals surface area contributed by atoms with Crippen LogP contribution in [0.1, 0.15) is 60.4 Å². The first-order chi connectivity index (χ1) is 20.4. The van der Waals surface area contributed by atoms with E-state index in [1.807, 2.05) is 37.3 Å². The van der Waals surface area contributed by atoms with Gasteiger partial charge in [-0.25, -0.2) is 0 Å². The molecule has 216 valence electrons. The molecule has 3 heterocycles. The fourth-order valence-corrected chi connectivity index (χ4v) is 6.60. The lowest BCUT2D eigenvalue weighted by atomic mass is 9.96. The minimum absolute atomic E-state index is 0.0228. The van der Waals surface area contributed by atoms with Crippen LogP contribution in [0.15, 0.2) is 72.9 Å². The summed E-state index contributed by atoms with van der Waals surface area (Å²) in [5, 5.41) is 15.6. The molecule has 1 saturated carbocycles. The number of thiocarbonyl (C=S) groups is 1. The third-order valence-corrected chi connectivity index (χ3v) is 8.54. The van der Waals surface area contributed by atoms with E-state index in [1.54, 1.807) is 12.3 Å². The third-order valence-electron chi connectivity index (χ3n) is 8.22. The summed E-state index contributed by atoms with van der Waals surface area (Å²) in [6.45, 7) is 4.07. The molecule has 6 rings (SSSR count). The number of hydrogen-bond acceptors (Lipinski definition) is 6. The van der Waals surface area contributed by atoms with Crippen LogP contribution in [0.2, 0.25) is 0 Å². The van der Waals surface area contributed by atoms with Gasteiger partial charge in [0.05, 0.1) is 47.7 Å². The molecule has 0 bridgehead atoms. The Morgan fingerprint density at radius 3 is 2.48 bits per heavy atom. The van der Waals surface area contributed by atoms with Gasteiger partial charge < -0.3 is 24.3 Å². The monoisotopic (exact) mass is 583 g/mol. The highest BCUT2D eigenvalue weighted by Gasteiger charge is 2.42. The van der Waals surface area contributed by atoms with Gasteiger partial charge in [-0.1, -0.05) is 6.07 Å². The molecule has 2 aromatic carbocycles. The molecule has 2 unspecified atom stereocenters. The highest BCUT2D eigenvalue weighted by Crippen LogP contribution is 2.44. The van der Waals surface area contributed by atoms with E-state index in [4.69, 9.17) is 21.7 Å². The molecule has 2 aliphatic rings. The van der Waals surface area contributed by atoms with Crippen molar-refractivity contribution in [3.8, 4) is 17.2 Å². The number of non-ortho nitro benzene ring substituents is 1. The van der Waals surface area contributed by atoms with E-state index < -0.39 is 4.92 Å². The Hall–Kier alpha value is -4.44. The van der Waals surface area contributed by atoms with Crippen LogP contribution in [0.25, 0.3) is 5.69 Å². The first kappa shape index (κ1) is 27.7. The first-order valence-electron chi connectivity index (χ1n) is 14.1. The summed E-state index contributed by atoms with van der Waals surface area (Å²) in [5.41, 5.74) is 5.54. The van der Waals surface area contributed by atoms with E-state index in [1.165, 1.54) is 32.1 Å². The lowest BCUT2D eigenvalue weighted by Crippen LogP contribution is -2.29. The van der Waals surface area contributed by atoms with E-state index in [0.29, 0.717) is 10.9 Å². The van der Waals surface area contributed by atoms with Crippen molar-refractivity contribution in [1.29, 1.82) is 0 Å². The van der Waals surface area contributed by atoms with Crippen LogP contribution in [-0.4, -0.2) is 32.8 Å². The molecule has 2 aromatic heterocycles. The quantitative estimate of drug-likeness (QED) is 0.136. The maximum atomic E-state index is 11.4. The van der Waals surface area contributed by atoms with Gasteiger partial charge in [0.25, 0.3) is 5.69 Å². The second-order valence-electron chi connectivity index (χ2n) is 10.8. The lowest BCUT2D eigenvalue weighted by molar-refractivity contribution is -0.384. The van der Waals surface area contributed by atoms with Gasteiger partial charge in [0.15, 0.2) is 5.11 Å². The molecule has 0 spiro atoms. The molecule has 2 fully saturated rings. The zero-order valence-corrected chi connectivity index (χ0v) is 24.6. The summed E-state index contributed by atoms with van der Waals surface area (Å²) in [6, 6.07) is 20.5. The normalized spacial score (nSPS) is 18.7. The average molecular weight is 584 g/mol. The van der Waals surface area contributed by atoms with Crippen LogP contribution in [-0.2, 0) is 0 Å². The fourth-order valence-electron chi connectivity index (χ4n) is 6.26. The van der Waals surface area contributed by atoms with Crippen molar-refractivity contribution in [2.24, 2.45) is 0 Å². The number of ether oxygens (including phenoxy) is 2. The van der Waals surface area contributed by atoms with Gasteiger partial charge in [0, 0.05) is 29.3 Å². The second-order valence-corrected chi connectivity index (χ2v) is 11.2. The van der Waals surface area contributed by atoms with E-state index >= 15 is 0 Å². The third kappa shape index (κ3) is 5.07. The first-order valence-corrected chi connectivity index (χ1v) is 14.6. The number of methoxy groups -OCH3 is 1. The number of nitrogens with zero attached hydrogens (tertiary/aromatic N) is 4. The van der Waals surface area contributed by atoms with Crippen LogP contribution >= 0.6 is 12.2 Å². The van der Waals surface area contributed by atoms with Crippen LogP contribution in [0, 0.1) is 24.0 Å². The summed E-state index contributed by atoms with van der Waals surface area (Å²) < 4.78 is 13.9. The topological polar surface area (TPSA) is 94.7 Å². The van der Waals surface area contributed by atoms with Crippen molar-refractivity contribution in [2.75, 3.05) is 12.0 Å². The molecule has 0 radical (unpaired) electrons. The number of nitro groups is 1. The molecule has 4 aromatic rings. The predicted molar refractivity (Wildman–Crippen MR) is 166 cm³/mol. The minimum Gasteiger partial charge on any atom is -0.494 e. The van der Waals surface area contributed by atoms with E-state index in [0.717, 1.165) is 52.6 Å². The molecule has 9 nitrogen and oxygen atoms in total. The van der Waals surface area contributed by atoms with Gasteiger partial charge >= 0.3 is 0 Å². The molecule has 1 saturated heterocycles. The fraction of sp³-hybridized carbons (Fsp3) is 0.312. The molecule has 1 aliphatic carbocycles. The second kappa shape index (κ2) is 11.4. The smallest absolute Gasteiger partial charge is 0.273 e. The van der Waals surface area contributed by atoms with Gasteiger partial charge in [-0.2, -0.15) is 0 Å². The van der Waals surface area contributed by atoms with Crippen molar-refractivity contribution >= 4 is 28.7 Å². The Morgan fingerprint density at radius 1 is 1.05 bits per heavy atom. The molecular formula is C32H33N5O4S. The Morgan fingerprint density at radius 2 is 1.81 bits per heavy atom. The highest BCUT2D eigenvalue weighted by atomic mass is 32.1. The highest BCUT2D eigenvalue weighted by molar-refractivity contribution is 7.80. The molecule has 10 heteroatoms. The number of pyridine rings is 1. The lowest BCUT2D eigenvalue weighted by Gasteiger charge is -2.28. The standard InChI is InChI=1S/C32H33N5O4S/c1-20-18-26(21(2)35(20)28-16-13-23(37(38)39)19-29(28)40-3)31-30(27-10-6-7-17-33-27)34-32(42)36(31)22-11-14-25(15-12-22)41-24-8-4-5-9-24/h6-7,10-19,24,30-31H,4-5,8-9H2,1-3H3,(H,34,42).